The monoisotopic (exact) mass is 426 g/mol. The van der Waals surface area contributed by atoms with Crippen LogP contribution in [0.2, 0.25) is 0 Å². The number of hydrogen-bond donors (Lipinski definition) is 1. The topological polar surface area (TPSA) is 38.5 Å². The van der Waals surface area contributed by atoms with Crippen molar-refractivity contribution in [1.82, 2.24) is 4.90 Å². The number of nitrogen functional groups attached to an aromatic ring is 1. The van der Waals surface area contributed by atoms with Crippen LogP contribution in [0.4, 0.5) is 18.9 Å². The Kier molecular flexibility index (Phi) is 6.18. The normalized spacial score (nSPS) is 15.2. The summed E-state index contributed by atoms with van der Waals surface area (Å²) in [6.07, 6.45) is 2.01. The quantitative estimate of drug-likeness (QED) is 0.496. The first-order valence-corrected chi connectivity index (χ1v) is 10.4. The van der Waals surface area contributed by atoms with Crippen LogP contribution in [0, 0.1) is 24.4 Å². The van der Waals surface area contributed by atoms with Crippen molar-refractivity contribution >= 4 is 5.69 Å². The number of anilines is 1. The van der Waals surface area contributed by atoms with Crippen LogP contribution in [0.3, 0.4) is 0 Å². The predicted molar refractivity (Wildman–Crippen MR) is 116 cm³/mol. The Bertz CT molecular complexity index is 1060. The fraction of sp³-hybridized carbons (Fsp3) is 0.280. The molecule has 6 heteroatoms. The largest absolute Gasteiger partial charge is 0.457 e. The summed E-state index contributed by atoms with van der Waals surface area (Å²) in [6, 6.07) is 14.4. The molecule has 0 unspecified atom stereocenters. The van der Waals surface area contributed by atoms with E-state index in [0.717, 1.165) is 61.3 Å². The van der Waals surface area contributed by atoms with Crippen molar-refractivity contribution in [3.05, 3.63) is 88.7 Å². The highest BCUT2D eigenvalue weighted by atomic mass is 19.2. The van der Waals surface area contributed by atoms with Gasteiger partial charge in [-0.1, -0.05) is 12.1 Å². The van der Waals surface area contributed by atoms with Crippen molar-refractivity contribution in [2.24, 2.45) is 0 Å². The van der Waals surface area contributed by atoms with Crippen molar-refractivity contribution in [3.63, 3.8) is 0 Å². The van der Waals surface area contributed by atoms with Gasteiger partial charge < -0.3 is 10.5 Å². The standard InChI is InChI=1S/C25H25F3N2O/c1-16-12-24(28)25(29)14-21(16)18-8-10-30(11-9-18)15-17-2-4-19(5-3-17)31-20-6-7-22(26)23(27)13-20/h2-7,12-14,18H,8-11,15,29H2,1H3. The molecule has 1 aliphatic heterocycles. The molecule has 31 heavy (non-hydrogen) atoms. The van der Waals surface area contributed by atoms with E-state index in [1.54, 1.807) is 6.07 Å². The number of likely N-dealkylation sites (tertiary alicyclic amines) is 1. The average Bonchev–Trinajstić information content (AvgIpc) is 2.75. The summed E-state index contributed by atoms with van der Waals surface area (Å²) < 4.78 is 45.6. The summed E-state index contributed by atoms with van der Waals surface area (Å²) in [4.78, 5) is 2.39. The number of benzene rings is 3. The van der Waals surface area contributed by atoms with Gasteiger partial charge in [0.25, 0.3) is 0 Å². The smallest absolute Gasteiger partial charge is 0.162 e. The van der Waals surface area contributed by atoms with E-state index in [-0.39, 0.29) is 17.3 Å². The first-order valence-electron chi connectivity index (χ1n) is 10.4. The maximum Gasteiger partial charge on any atom is 0.162 e. The zero-order chi connectivity index (χ0) is 22.0. The van der Waals surface area contributed by atoms with Gasteiger partial charge in [-0.05, 0) is 91.9 Å². The minimum atomic E-state index is -0.934. The third-order valence-corrected chi connectivity index (χ3v) is 5.87. The maximum atomic E-state index is 13.6. The Balaban J connectivity index is 1.32. The van der Waals surface area contributed by atoms with Crippen molar-refractivity contribution in [1.29, 1.82) is 0 Å². The summed E-state index contributed by atoms with van der Waals surface area (Å²) >= 11 is 0. The minimum absolute atomic E-state index is 0.216. The molecule has 1 heterocycles. The molecule has 0 saturated carbocycles. The molecule has 0 aromatic heterocycles. The van der Waals surface area contributed by atoms with Crippen LogP contribution in [0.25, 0.3) is 0 Å². The maximum absolute atomic E-state index is 13.6. The molecule has 0 bridgehead atoms. The fourth-order valence-corrected chi connectivity index (χ4v) is 4.15. The molecule has 3 nitrogen and oxygen atoms in total. The highest BCUT2D eigenvalue weighted by Gasteiger charge is 2.22. The van der Waals surface area contributed by atoms with E-state index in [4.69, 9.17) is 10.5 Å². The number of rotatable bonds is 5. The van der Waals surface area contributed by atoms with Gasteiger partial charge in [0.15, 0.2) is 11.6 Å². The van der Waals surface area contributed by atoms with E-state index >= 15 is 0 Å². The number of ether oxygens (including phenoxy) is 1. The van der Waals surface area contributed by atoms with Crippen LogP contribution in [0.1, 0.15) is 35.4 Å². The zero-order valence-corrected chi connectivity index (χ0v) is 17.4. The SMILES string of the molecule is Cc1cc(F)c(N)cc1C1CCN(Cc2ccc(Oc3ccc(F)c(F)c3)cc2)CC1. The molecule has 1 fully saturated rings. The van der Waals surface area contributed by atoms with Gasteiger partial charge in [-0.15, -0.1) is 0 Å². The minimum Gasteiger partial charge on any atom is -0.457 e. The number of halogens is 3. The molecule has 0 radical (unpaired) electrons. The Hall–Kier alpha value is -2.99. The molecule has 4 rings (SSSR count). The number of nitrogens with two attached hydrogens (primary N) is 1. The Morgan fingerprint density at radius 1 is 0.871 bits per heavy atom. The third-order valence-electron chi connectivity index (χ3n) is 5.87. The molecule has 162 valence electrons. The van der Waals surface area contributed by atoms with Crippen LogP contribution in [-0.2, 0) is 6.54 Å². The second-order valence-electron chi connectivity index (χ2n) is 8.10. The van der Waals surface area contributed by atoms with E-state index in [9.17, 15) is 13.2 Å². The number of aryl methyl sites for hydroxylation is 1. The molecular formula is C25H25F3N2O. The van der Waals surface area contributed by atoms with E-state index in [2.05, 4.69) is 4.90 Å². The van der Waals surface area contributed by atoms with Crippen molar-refractivity contribution < 1.29 is 17.9 Å². The Morgan fingerprint density at radius 2 is 1.55 bits per heavy atom. The number of piperidine rings is 1. The Morgan fingerprint density at radius 3 is 2.23 bits per heavy atom. The van der Waals surface area contributed by atoms with Gasteiger partial charge in [0.05, 0.1) is 5.69 Å². The van der Waals surface area contributed by atoms with Crippen molar-refractivity contribution in [3.8, 4) is 11.5 Å². The number of nitrogens with zero attached hydrogens (tertiary/aromatic N) is 1. The first-order chi connectivity index (χ1) is 14.9. The molecular weight excluding hydrogens is 401 g/mol. The van der Waals surface area contributed by atoms with Crippen molar-refractivity contribution in [2.45, 2.75) is 32.2 Å². The molecule has 0 amide bonds. The van der Waals surface area contributed by atoms with Gasteiger partial charge in [-0.25, -0.2) is 13.2 Å². The van der Waals surface area contributed by atoms with E-state index in [1.807, 2.05) is 31.2 Å². The van der Waals surface area contributed by atoms with Crippen LogP contribution in [0.5, 0.6) is 11.5 Å². The van der Waals surface area contributed by atoms with Gasteiger partial charge in [0, 0.05) is 12.6 Å². The molecule has 0 spiro atoms. The lowest BCUT2D eigenvalue weighted by molar-refractivity contribution is 0.204. The molecule has 1 aliphatic rings. The molecule has 0 atom stereocenters. The van der Waals surface area contributed by atoms with Crippen molar-refractivity contribution in [2.75, 3.05) is 18.8 Å². The third kappa shape index (κ3) is 5.02. The van der Waals surface area contributed by atoms with Gasteiger partial charge in [-0.2, -0.15) is 0 Å². The average molecular weight is 426 g/mol. The van der Waals surface area contributed by atoms with E-state index in [0.29, 0.717) is 11.7 Å². The van der Waals surface area contributed by atoms with Crippen LogP contribution in [-0.4, -0.2) is 18.0 Å². The molecule has 1 saturated heterocycles. The highest BCUT2D eigenvalue weighted by Crippen LogP contribution is 2.33. The van der Waals surface area contributed by atoms with Gasteiger partial charge in [-0.3, -0.25) is 4.90 Å². The second kappa shape index (κ2) is 9.02. The molecule has 0 aliphatic carbocycles. The first kappa shape index (κ1) is 21.2. The number of hydrogen-bond acceptors (Lipinski definition) is 3. The van der Waals surface area contributed by atoms with Gasteiger partial charge in [0.2, 0.25) is 0 Å². The van der Waals surface area contributed by atoms with E-state index < -0.39 is 11.6 Å². The summed E-state index contributed by atoms with van der Waals surface area (Å²) in [5.74, 6) is -0.967. The lowest BCUT2D eigenvalue weighted by Crippen LogP contribution is -2.32. The fourth-order valence-electron chi connectivity index (χ4n) is 4.15. The van der Waals surface area contributed by atoms with Crippen LogP contribution >= 0.6 is 0 Å². The highest BCUT2D eigenvalue weighted by molar-refractivity contribution is 5.47. The summed E-state index contributed by atoms with van der Waals surface area (Å²) in [7, 11) is 0. The Labute approximate surface area is 180 Å². The summed E-state index contributed by atoms with van der Waals surface area (Å²) in [5, 5.41) is 0. The lowest BCUT2D eigenvalue weighted by Gasteiger charge is -2.33. The molecule has 2 N–H and O–H groups in total. The summed E-state index contributed by atoms with van der Waals surface area (Å²) in [6.45, 7) is 4.67. The van der Waals surface area contributed by atoms with Crippen LogP contribution < -0.4 is 10.5 Å². The van der Waals surface area contributed by atoms with Crippen LogP contribution in [0.15, 0.2) is 54.6 Å². The molecule has 3 aromatic rings. The summed E-state index contributed by atoms with van der Waals surface area (Å²) in [5.41, 5.74) is 9.25. The van der Waals surface area contributed by atoms with Gasteiger partial charge in [0.1, 0.15) is 17.3 Å². The molecule has 3 aromatic carbocycles. The van der Waals surface area contributed by atoms with E-state index in [1.165, 1.54) is 12.1 Å². The zero-order valence-electron chi connectivity index (χ0n) is 17.4. The predicted octanol–water partition coefficient (Wildman–Crippen LogP) is 6.17. The van der Waals surface area contributed by atoms with Gasteiger partial charge >= 0.3 is 0 Å². The second-order valence-corrected chi connectivity index (χ2v) is 8.10. The lowest BCUT2D eigenvalue weighted by atomic mass is 9.86.